The third kappa shape index (κ3) is 3.42. The van der Waals surface area contributed by atoms with E-state index < -0.39 is 0 Å². The predicted molar refractivity (Wildman–Crippen MR) is 73.0 cm³/mol. The molecule has 1 aliphatic carbocycles. The number of aryl methyl sites for hydroxylation is 1. The van der Waals surface area contributed by atoms with E-state index in [9.17, 15) is 0 Å². The van der Waals surface area contributed by atoms with Crippen LogP contribution in [0.3, 0.4) is 0 Å². The normalized spacial score (nSPS) is 13.7. The lowest BCUT2D eigenvalue weighted by Gasteiger charge is -2.27. The van der Waals surface area contributed by atoms with E-state index in [1.807, 2.05) is 0 Å². The zero-order chi connectivity index (χ0) is 13.5. The molecule has 19 heavy (non-hydrogen) atoms. The molecule has 0 saturated carbocycles. The molecule has 0 bridgehead atoms. The van der Waals surface area contributed by atoms with Gasteiger partial charge in [-0.1, -0.05) is 0 Å². The van der Waals surface area contributed by atoms with E-state index in [1.54, 1.807) is 13.4 Å². The summed E-state index contributed by atoms with van der Waals surface area (Å²) in [5, 5.41) is 8.79. The first kappa shape index (κ1) is 13.8. The van der Waals surface area contributed by atoms with E-state index in [0.717, 1.165) is 25.2 Å². The number of aromatic nitrogens is 2. The average Bonchev–Trinajstić information content (AvgIpc) is 2.47. The highest BCUT2D eigenvalue weighted by molar-refractivity contribution is 5.49. The van der Waals surface area contributed by atoms with E-state index in [4.69, 9.17) is 10.00 Å². The zero-order valence-corrected chi connectivity index (χ0v) is 11.4. The van der Waals surface area contributed by atoms with Crippen molar-refractivity contribution in [1.29, 1.82) is 5.26 Å². The van der Waals surface area contributed by atoms with Crippen molar-refractivity contribution in [3.05, 3.63) is 17.6 Å². The molecule has 0 N–H and O–H groups in total. The standard InChI is InChI=1S/C14H20N4O/c1-19-10-9-18(8-4-7-15)14-12-5-2-3-6-13(12)16-11-17-14/h11H,2-6,8-10H2,1H3. The summed E-state index contributed by atoms with van der Waals surface area (Å²) in [7, 11) is 1.69. The molecule has 5 heteroatoms. The Hall–Kier alpha value is -1.67. The SMILES string of the molecule is COCCN(CCC#N)c1ncnc2c1CCCC2. The van der Waals surface area contributed by atoms with Gasteiger partial charge in [0.2, 0.25) is 0 Å². The summed E-state index contributed by atoms with van der Waals surface area (Å²) in [6.45, 7) is 2.11. The van der Waals surface area contributed by atoms with E-state index >= 15 is 0 Å². The molecule has 102 valence electrons. The first-order valence-electron chi connectivity index (χ1n) is 6.80. The highest BCUT2D eigenvalue weighted by Crippen LogP contribution is 2.27. The van der Waals surface area contributed by atoms with Gasteiger partial charge in [0, 0.05) is 31.5 Å². The highest BCUT2D eigenvalue weighted by Gasteiger charge is 2.19. The molecular formula is C14H20N4O. The molecular weight excluding hydrogens is 240 g/mol. The number of nitriles is 1. The van der Waals surface area contributed by atoms with Crippen LogP contribution in [0.15, 0.2) is 6.33 Å². The fourth-order valence-electron chi connectivity index (χ4n) is 2.49. The molecule has 0 amide bonds. The van der Waals surface area contributed by atoms with Gasteiger partial charge in [0.15, 0.2) is 0 Å². The van der Waals surface area contributed by atoms with Crippen molar-refractivity contribution in [2.75, 3.05) is 31.7 Å². The molecule has 0 unspecified atom stereocenters. The van der Waals surface area contributed by atoms with Crippen LogP contribution in [0.5, 0.6) is 0 Å². The minimum Gasteiger partial charge on any atom is -0.383 e. The van der Waals surface area contributed by atoms with Gasteiger partial charge in [0.25, 0.3) is 0 Å². The molecule has 0 spiro atoms. The van der Waals surface area contributed by atoms with Gasteiger partial charge in [0.05, 0.1) is 19.1 Å². The van der Waals surface area contributed by atoms with E-state index in [-0.39, 0.29) is 0 Å². The second-order valence-electron chi connectivity index (χ2n) is 4.72. The summed E-state index contributed by atoms with van der Waals surface area (Å²) in [5.41, 5.74) is 2.44. The zero-order valence-electron chi connectivity index (χ0n) is 11.4. The molecule has 2 rings (SSSR count). The summed E-state index contributed by atoms with van der Waals surface area (Å²) in [4.78, 5) is 11.0. The largest absolute Gasteiger partial charge is 0.383 e. The Labute approximate surface area is 114 Å². The number of hydrogen-bond acceptors (Lipinski definition) is 5. The Balaban J connectivity index is 2.22. The first-order valence-corrected chi connectivity index (χ1v) is 6.80. The molecule has 0 aromatic carbocycles. The Morgan fingerprint density at radius 1 is 1.32 bits per heavy atom. The van der Waals surface area contributed by atoms with Crippen LogP contribution in [0.1, 0.15) is 30.5 Å². The number of rotatable bonds is 6. The van der Waals surface area contributed by atoms with Crippen molar-refractivity contribution in [3.63, 3.8) is 0 Å². The quantitative estimate of drug-likeness (QED) is 0.779. The number of hydrogen-bond donors (Lipinski definition) is 0. The molecule has 0 radical (unpaired) electrons. The van der Waals surface area contributed by atoms with Gasteiger partial charge in [-0.2, -0.15) is 5.26 Å². The van der Waals surface area contributed by atoms with Crippen LogP contribution in [-0.2, 0) is 17.6 Å². The van der Waals surface area contributed by atoms with Crippen LogP contribution in [0.25, 0.3) is 0 Å². The van der Waals surface area contributed by atoms with Crippen molar-refractivity contribution < 1.29 is 4.74 Å². The molecule has 0 aliphatic heterocycles. The number of ether oxygens (including phenoxy) is 1. The monoisotopic (exact) mass is 260 g/mol. The van der Waals surface area contributed by atoms with Gasteiger partial charge < -0.3 is 9.64 Å². The summed E-state index contributed by atoms with van der Waals surface area (Å²) in [6, 6.07) is 2.20. The summed E-state index contributed by atoms with van der Waals surface area (Å²) in [5.74, 6) is 0.997. The van der Waals surface area contributed by atoms with Crippen molar-refractivity contribution in [2.24, 2.45) is 0 Å². The lowest BCUT2D eigenvalue weighted by Crippen LogP contribution is -2.31. The first-order chi connectivity index (χ1) is 9.36. The van der Waals surface area contributed by atoms with E-state index in [2.05, 4.69) is 20.9 Å². The number of fused-ring (bicyclic) bond motifs is 1. The molecule has 1 aromatic heterocycles. The molecule has 1 heterocycles. The Kier molecular flexibility index (Phi) is 5.10. The van der Waals surface area contributed by atoms with Gasteiger partial charge in [-0.05, 0) is 25.7 Å². The lowest BCUT2D eigenvalue weighted by molar-refractivity contribution is 0.205. The molecule has 5 nitrogen and oxygen atoms in total. The Morgan fingerprint density at radius 2 is 2.16 bits per heavy atom. The van der Waals surface area contributed by atoms with Crippen LogP contribution < -0.4 is 4.90 Å². The smallest absolute Gasteiger partial charge is 0.135 e. The molecule has 0 saturated heterocycles. The molecule has 0 atom stereocenters. The van der Waals surface area contributed by atoms with Gasteiger partial charge >= 0.3 is 0 Å². The summed E-state index contributed by atoms with van der Waals surface area (Å²) >= 11 is 0. The van der Waals surface area contributed by atoms with E-state index in [0.29, 0.717) is 19.6 Å². The summed E-state index contributed by atoms with van der Waals surface area (Å²) < 4.78 is 5.15. The van der Waals surface area contributed by atoms with Gasteiger partial charge in [-0.15, -0.1) is 0 Å². The van der Waals surface area contributed by atoms with Gasteiger partial charge in [-0.3, -0.25) is 0 Å². The fourth-order valence-corrected chi connectivity index (χ4v) is 2.49. The average molecular weight is 260 g/mol. The Bertz CT molecular complexity index is 455. The Morgan fingerprint density at radius 3 is 2.95 bits per heavy atom. The minimum atomic E-state index is 0.502. The van der Waals surface area contributed by atoms with Crippen LogP contribution in [0.2, 0.25) is 0 Å². The number of anilines is 1. The van der Waals surface area contributed by atoms with Crippen molar-refractivity contribution >= 4 is 5.82 Å². The van der Waals surface area contributed by atoms with Crippen LogP contribution >= 0.6 is 0 Å². The van der Waals surface area contributed by atoms with Gasteiger partial charge in [0.1, 0.15) is 12.1 Å². The van der Waals surface area contributed by atoms with Gasteiger partial charge in [-0.25, -0.2) is 9.97 Å². The molecule has 1 aromatic rings. The van der Waals surface area contributed by atoms with Crippen LogP contribution in [0.4, 0.5) is 5.82 Å². The topological polar surface area (TPSA) is 62.0 Å². The minimum absolute atomic E-state index is 0.502. The maximum atomic E-state index is 8.79. The molecule has 0 fully saturated rings. The van der Waals surface area contributed by atoms with Crippen LogP contribution in [0, 0.1) is 11.3 Å². The number of nitrogens with zero attached hydrogens (tertiary/aromatic N) is 4. The summed E-state index contributed by atoms with van der Waals surface area (Å²) in [6.07, 6.45) is 6.64. The van der Waals surface area contributed by atoms with Crippen LogP contribution in [-0.4, -0.2) is 36.8 Å². The third-order valence-corrected chi connectivity index (χ3v) is 3.46. The third-order valence-electron chi connectivity index (χ3n) is 3.46. The second-order valence-corrected chi connectivity index (χ2v) is 4.72. The molecule has 1 aliphatic rings. The lowest BCUT2D eigenvalue weighted by atomic mass is 9.96. The van der Waals surface area contributed by atoms with Crippen molar-refractivity contribution in [1.82, 2.24) is 9.97 Å². The van der Waals surface area contributed by atoms with E-state index in [1.165, 1.54) is 24.1 Å². The van der Waals surface area contributed by atoms with Crippen molar-refractivity contribution in [2.45, 2.75) is 32.1 Å². The maximum absolute atomic E-state index is 8.79. The predicted octanol–water partition coefficient (Wildman–Crippen LogP) is 1.72. The van der Waals surface area contributed by atoms with Crippen molar-refractivity contribution in [3.8, 4) is 6.07 Å². The highest BCUT2D eigenvalue weighted by atomic mass is 16.5. The maximum Gasteiger partial charge on any atom is 0.135 e. The number of methoxy groups -OCH3 is 1. The second kappa shape index (κ2) is 7.05. The fraction of sp³-hybridized carbons (Fsp3) is 0.643.